The molecule has 0 fully saturated rings. The Hall–Kier alpha value is -1.93. The molecule has 0 aliphatic carbocycles. The van der Waals surface area contributed by atoms with E-state index in [1.807, 2.05) is 4.57 Å². The lowest BCUT2D eigenvalue weighted by Gasteiger charge is -2.13. The second-order valence-electron chi connectivity index (χ2n) is 6.28. The highest BCUT2D eigenvalue weighted by molar-refractivity contribution is 7.99. The van der Waals surface area contributed by atoms with Gasteiger partial charge in [0.15, 0.2) is 11.0 Å². The Bertz CT molecular complexity index is 721. The van der Waals surface area contributed by atoms with Crippen molar-refractivity contribution in [2.75, 3.05) is 26.0 Å². The van der Waals surface area contributed by atoms with Gasteiger partial charge in [-0.1, -0.05) is 37.7 Å². The largest absolute Gasteiger partial charge is 0.385 e. The minimum atomic E-state index is -0.336. The SMILES string of the molecule is COCCCNC(=O)CSc1nnc(-c2ccccc2F)n1CC(C)C. The third-order valence-corrected chi connectivity index (χ3v) is 4.53. The van der Waals surface area contributed by atoms with Crippen LogP contribution in [0.4, 0.5) is 4.39 Å². The number of hydrogen-bond acceptors (Lipinski definition) is 5. The van der Waals surface area contributed by atoms with Crippen LogP contribution < -0.4 is 5.32 Å². The van der Waals surface area contributed by atoms with Crippen LogP contribution in [0.15, 0.2) is 29.4 Å². The molecule has 1 amide bonds. The molecule has 2 rings (SSSR count). The third-order valence-electron chi connectivity index (χ3n) is 3.56. The average Bonchev–Trinajstić information content (AvgIpc) is 2.99. The Morgan fingerprint density at radius 3 is 2.81 bits per heavy atom. The van der Waals surface area contributed by atoms with Gasteiger partial charge in [0.2, 0.25) is 5.91 Å². The van der Waals surface area contributed by atoms with E-state index in [2.05, 4.69) is 29.4 Å². The lowest BCUT2D eigenvalue weighted by Crippen LogP contribution is -2.27. The standard InChI is InChI=1S/C18H25FN4O2S/c1-13(2)11-23-17(14-7-4-5-8-15(14)19)21-22-18(23)26-12-16(24)20-9-6-10-25-3/h4-5,7-8,13H,6,9-12H2,1-3H3,(H,20,24). The van der Waals surface area contributed by atoms with E-state index in [0.717, 1.165) is 6.42 Å². The molecule has 1 N–H and O–H groups in total. The topological polar surface area (TPSA) is 69.0 Å². The molecule has 0 radical (unpaired) electrons. The summed E-state index contributed by atoms with van der Waals surface area (Å²) in [5.41, 5.74) is 0.413. The number of hydrogen-bond donors (Lipinski definition) is 1. The number of thioether (sulfide) groups is 1. The van der Waals surface area contributed by atoms with Gasteiger partial charge in [0.05, 0.1) is 11.3 Å². The molecular formula is C18H25FN4O2S. The number of rotatable bonds is 10. The molecule has 0 saturated heterocycles. The third kappa shape index (κ3) is 5.81. The van der Waals surface area contributed by atoms with Crippen LogP contribution in [0, 0.1) is 11.7 Å². The molecular weight excluding hydrogens is 355 g/mol. The predicted molar refractivity (Wildman–Crippen MR) is 100 cm³/mol. The Labute approximate surface area is 157 Å². The van der Waals surface area contributed by atoms with E-state index in [0.29, 0.717) is 42.2 Å². The van der Waals surface area contributed by atoms with Crippen molar-refractivity contribution in [2.24, 2.45) is 5.92 Å². The molecule has 0 bridgehead atoms. The fraction of sp³-hybridized carbons (Fsp3) is 0.500. The number of benzene rings is 1. The first-order chi connectivity index (χ1) is 12.5. The van der Waals surface area contributed by atoms with Crippen LogP contribution in [0.2, 0.25) is 0 Å². The van der Waals surface area contributed by atoms with E-state index in [1.165, 1.54) is 17.8 Å². The van der Waals surface area contributed by atoms with Crippen LogP contribution in [0.5, 0.6) is 0 Å². The van der Waals surface area contributed by atoms with Crippen molar-refractivity contribution in [2.45, 2.75) is 32.0 Å². The van der Waals surface area contributed by atoms with Crippen molar-refractivity contribution < 1.29 is 13.9 Å². The summed E-state index contributed by atoms with van der Waals surface area (Å²) in [5, 5.41) is 11.8. The Morgan fingerprint density at radius 2 is 2.12 bits per heavy atom. The Kier molecular flexibility index (Phi) is 8.06. The van der Waals surface area contributed by atoms with Gasteiger partial charge in [-0.2, -0.15) is 0 Å². The summed E-state index contributed by atoms with van der Waals surface area (Å²) in [6.45, 7) is 5.98. The lowest BCUT2D eigenvalue weighted by atomic mass is 10.2. The smallest absolute Gasteiger partial charge is 0.230 e. The molecule has 8 heteroatoms. The highest BCUT2D eigenvalue weighted by atomic mass is 32.2. The first-order valence-corrected chi connectivity index (χ1v) is 9.58. The number of aromatic nitrogens is 3. The lowest BCUT2D eigenvalue weighted by molar-refractivity contribution is -0.118. The van der Waals surface area contributed by atoms with Crippen molar-refractivity contribution >= 4 is 17.7 Å². The number of halogens is 1. The summed E-state index contributed by atoms with van der Waals surface area (Å²) in [6, 6.07) is 6.51. The summed E-state index contributed by atoms with van der Waals surface area (Å²) in [7, 11) is 1.63. The van der Waals surface area contributed by atoms with E-state index in [-0.39, 0.29) is 17.5 Å². The molecule has 0 aliphatic rings. The average molecular weight is 380 g/mol. The molecule has 26 heavy (non-hydrogen) atoms. The monoisotopic (exact) mass is 380 g/mol. The number of methoxy groups -OCH3 is 1. The maximum Gasteiger partial charge on any atom is 0.230 e. The molecule has 6 nitrogen and oxygen atoms in total. The molecule has 142 valence electrons. The molecule has 0 atom stereocenters. The van der Waals surface area contributed by atoms with E-state index < -0.39 is 0 Å². The Morgan fingerprint density at radius 1 is 1.35 bits per heavy atom. The predicted octanol–water partition coefficient (Wildman–Crippen LogP) is 2.99. The zero-order valence-corrected chi connectivity index (χ0v) is 16.2. The van der Waals surface area contributed by atoms with Gasteiger partial charge in [0, 0.05) is 26.8 Å². The van der Waals surface area contributed by atoms with Gasteiger partial charge in [-0.05, 0) is 24.5 Å². The van der Waals surface area contributed by atoms with Crippen LogP contribution >= 0.6 is 11.8 Å². The van der Waals surface area contributed by atoms with Gasteiger partial charge >= 0.3 is 0 Å². The van der Waals surface area contributed by atoms with Crippen molar-refractivity contribution in [1.82, 2.24) is 20.1 Å². The summed E-state index contributed by atoms with van der Waals surface area (Å²) < 4.78 is 21.0. The zero-order chi connectivity index (χ0) is 18.9. The van der Waals surface area contributed by atoms with E-state index >= 15 is 0 Å². The fourth-order valence-electron chi connectivity index (χ4n) is 2.39. The molecule has 0 spiro atoms. The first-order valence-electron chi connectivity index (χ1n) is 8.59. The highest BCUT2D eigenvalue weighted by Crippen LogP contribution is 2.26. The Balaban J connectivity index is 2.09. The van der Waals surface area contributed by atoms with Crippen molar-refractivity contribution in [3.63, 3.8) is 0 Å². The van der Waals surface area contributed by atoms with Crippen molar-refractivity contribution in [3.8, 4) is 11.4 Å². The molecule has 1 heterocycles. The van der Waals surface area contributed by atoms with E-state index in [4.69, 9.17) is 4.74 Å². The van der Waals surface area contributed by atoms with Gasteiger partial charge in [-0.15, -0.1) is 10.2 Å². The van der Waals surface area contributed by atoms with E-state index in [9.17, 15) is 9.18 Å². The normalized spacial score (nSPS) is 11.1. The van der Waals surface area contributed by atoms with Crippen LogP contribution in [-0.2, 0) is 16.1 Å². The number of ether oxygens (including phenoxy) is 1. The van der Waals surface area contributed by atoms with Crippen molar-refractivity contribution in [3.05, 3.63) is 30.1 Å². The van der Waals surface area contributed by atoms with Gasteiger partial charge in [0.1, 0.15) is 5.82 Å². The molecule has 1 aromatic heterocycles. The second-order valence-corrected chi connectivity index (χ2v) is 7.22. The number of amides is 1. The maximum absolute atomic E-state index is 14.2. The van der Waals surface area contributed by atoms with Gasteiger partial charge < -0.3 is 14.6 Å². The summed E-state index contributed by atoms with van der Waals surface area (Å²) >= 11 is 1.31. The first kappa shape index (κ1) is 20.4. The van der Waals surface area contributed by atoms with Crippen LogP contribution in [0.25, 0.3) is 11.4 Å². The minimum absolute atomic E-state index is 0.0716. The minimum Gasteiger partial charge on any atom is -0.385 e. The van der Waals surface area contributed by atoms with Crippen LogP contribution in [0.1, 0.15) is 20.3 Å². The molecule has 0 aliphatic heterocycles. The van der Waals surface area contributed by atoms with Gasteiger partial charge in [-0.25, -0.2) is 4.39 Å². The highest BCUT2D eigenvalue weighted by Gasteiger charge is 2.18. The second kappa shape index (κ2) is 10.3. The maximum atomic E-state index is 14.2. The molecule has 0 saturated carbocycles. The summed E-state index contributed by atoms with van der Waals surface area (Å²) in [6.07, 6.45) is 0.772. The summed E-state index contributed by atoms with van der Waals surface area (Å²) in [4.78, 5) is 12.0. The van der Waals surface area contributed by atoms with Crippen LogP contribution in [0.3, 0.4) is 0 Å². The van der Waals surface area contributed by atoms with Gasteiger partial charge in [0.25, 0.3) is 0 Å². The molecule has 2 aromatic rings. The van der Waals surface area contributed by atoms with Gasteiger partial charge in [-0.3, -0.25) is 4.79 Å². The number of carbonyl (C=O) groups is 1. The quantitative estimate of drug-likeness (QED) is 0.507. The zero-order valence-electron chi connectivity index (χ0n) is 15.4. The summed E-state index contributed by atoms with van der Waals surface area (Å²) in [5.74, 6) is 0.647. The molecule has 0 unspecified atom stereocenters. The van der Waals surface area contributed by atoms with Crippen molar-refractivity contribution in [1.29, 1.82) is 0 Å². The van der Waals surface area contributed by atoms with E-state index in [1.54, 1.807) is 25.3 Å². The molecule has 1 aromatic carbocycles. The van der Waals surface area contributed by atoms with Crippen LogP contribution in [-0.4, -0.2) is 46.7 Å². The fourth-order valence-corrected chi connectivity index (χ4v) is 3.17. The number of nitrogens with zero attached hydrogens (tertiary/aromatic N) is 3. The number of carbonyl (C=O) groups excluding carboxylic acids is 1. The number of nitrogens with one attached hydrogen (secondary N) is 1.